The number of benzene rings is 2. The lowest BCUT2D eigenvalue weighted by molar-refractivity contribution is -0.411. The highest BCUT2D eigenvalue weighted by atomic mass is 19.4. The first-order chi connectivity index (χ1) is 17.5. The van der Waals surface area contributed by atoms with Crippen LogP contribution in [-0.2, 0) is 19.6 Å². The van der Waals surface area contributed by atoms with Crippen LogP contribution in [-0.4, -0.2) is 56.3 Å². The molecule has 0 bridgehead atoms. The van der Waals surface area contributed by atoms with Crippen molar-refractivity contribution < 1.29 is 31.6 Å². The van der Waals surface area contributed by atoms with Crippen molar-refractivity contribution in [3.8, 4) is 17.0 Å². The molecule has 1 atom stereocenters. The van der Waals surface area contributed by atoms with Crippen LogP contribution < -0.4 is 4.90 Å². The van der Waals surface area contributed by atoms with E-state index in [0.29, 0.717) is 5.95 Å². The Morgan fingerprint density at radius 2 is 1.86 bits per heavy atom. The number of phenolic OH excluding ortho intramolecular Hbond substituents is 1. The zero-order valence-corrected chi connectivity index (χ0v) is 20.1. The molecule has 4 aromatic rings. The van der Waals surface area contributed by atoms with Crippen molar-refractivity contribution in [1.82, 2.24) is 19.7 Å². The zero-order chi connectivity index (χ0) is 26.6. The van der Waals surface area contributed by atoms with Crippen LogP contribution in [0.1, 0.15) is 11.1 Å². The van der Waals surface area contributed by atoms with Gasteiger partial charge < -0.3 is 10.0 Å². The minimum Gasteiger partial charge on any atom is -0.503 e. The number of anilines is 1. The van der Waals surface area contributed by atoms with Gasteiger partial charge in [0.25, 0.3) is 0 Å². The Bertz CT molecular complexity index is 1560. The maximum atomic E-state index is 14.7. The van der Waals surface area contributed by atoms with Gasteiger partial charge in [-0.2, -0.15) is 18.3 Å². The first-order valence-corrected chi connectivity index (χ1v) is 11.3. The summed E-state index contributed by atoms with van der Waals surface area (Å²) in [5.41, 5.74) is -0.130. The van der Waals surface area contributed by atoms with E-state index < -0.39 is 34.7 Å². The molecule has 1 aliphatic rings. The third-order valence-electron chi connectivity index (χ3n) is 6.45. The molecule has 0 saturated heterocycles. The predicted octanol–water partition coefficient (Wildman–Crippen LogP) is 4.69. The van der Waals surface area contributed by atoms with E-state index in [9.17, 15) is 27.1 Å². The summed E-state index contributed by atoms with van der Waals surface area (Å²) in [6, 6.07) is 8.45. The van der Waals surface area contributed by atoms with Gasteiger partial charge in [0.15, 0.2) is 17.4 Å². The number of nitrogens with zero attached hydrogens (tertiary/aromatic N) is 6. The number of fused-ring (bicyclic) bond motifs is 2. The van der Waals surface area contributed by atoms with Crippen LogP contribution in [0.3, 0.4) is 0 Å². The summed E-state index contributed by atoms with van der Waals surface area (Å²) in [6.07, 6.45) is -1.000. The molecular formula is C25H22F5N6O+. The number of aromatic hydroxyl groups is 1. The van der Waals surface area contributed by atoms with Crippen LogP contribution in [0, 0.1) is 17.6 Å². The Morgan fingerprint density at radius 3 is 2.59 bits per heavy atom. The van der Waals surface area contributed by atoms with E-state index in [-0.39, 0.29) is 28.7 Å². The van der Waals surface area contributed by atoms with E-state index in [1.807, 2.05) is 25.4 Å². The van der Waals surface area contributed by atoms with Gasteiger partial charge in [0.1, 0.15) is 11.9 Å². The van der Waals surface area contributed by atoms with E-state index in [1.165, 1.54) is 29.2 Å². The number of para-hydroxylation sites is 1. The summed E-state index contributed by atoms with van der Waals surface area (Å²) in [7, 11) is 5.30. The van der Waals surface area contributed by atoms with Crippen LogP contribution in [0.2, 0.25) is 0 Å². The van der Waals surface area contributed by atoms with Gasteiger partial charge in [-0.15, -0.1) is 0 Å². The summed E-state index contributed by atoms with van der Waals surface area (Å²) >= 11 is 0. The van der Waals surface area contributed by atoms with Gasteiger partial charge in [-0.05, 0) is 29.1 Å². The third-order valence-corrected chi connectivity index (χ3v) is 6.45. The number of alkyl halides is 3. The number of phenols is 1. The van der Waals surface area contributed by atoms with Crippen molar-refractivity contribution >= 4 is 28.9 Å². The summed E-state index contributed by atoms with van der Waals surface area (Å²) in [4.78, 5) is 11.0. The second-order valence-electron chi connectivity index (χ2n) is 9.06. The number of halogens is 5. The second-order valence-corrected chi connectivity index (χ2v) is 9.06. The molecule has 2 aromatic heterocycles. The van der Waals surface area contributed by atoms with Crippen LogP contribution >= 0.6 is 0 Å². The largest absolute Gasteiger partial charge is 0.503 e. The van der Waals surface area contributed by atoms with E-state index in [1.54, 1.807) is 11.6 Å². The lowest BCUT2D eigenvalue weighted by Crippen LogP contribution is -2.34. The van der Waals surface area contributed by atoms with Crippen LogP contribution in [0.25, 0.3) is 22.3 Å². The fourth-order valence-electron chi connectivity index (χ4n) is 4.73. The van der Waals surface area contributed by atoms with Gasteiger partial charge in [0.2, 0.25) is 5.65 Å². The molecule has 1 unspecified atom stereocenters. The number of hydrogen-bond acceptors (Lipinski definition) is 5. The van der Waals surface area contributed by atoms with Gasteiger partial charge >= 0.3 is 12.1 Å². The normalized spacial score (nSPS) is 16.4. The molecule has 0 fully saturated rings. The van der Waals surface area contributed by atoms with E-state index in [0.717, 1.165) is 13.0 Å². The molecule has 0 aliphatic carbocycles. The Labute approximate surface area is 208 Å². The highest BCUT2D eigenvalue weighted by Gasteiger charge is 2.38. The highest BCUT2D eigenvalue weighted by molar-refractivity contribution is 5.91. The van der Waals surface area contributed by atoms with E-state index in [4.69, 9.17) is 0 Å². The average Bonchev–Trinajstić information content (AvgIpc) is 3.17. The highest BCUT2D eigenvalue weighted by Crippen LogP contribution is 2.41. The number of aromatic nitrogens is 4. The van der Waals surface area contributed by atoms with Crippen molar-refractivity contribution in [3.63, 3.8) is 0 Å². The summed E-state index contributed by atoms with van der Waals surface area (Å²) in [5.74, 6) is -4.89. The van der Waals surface area contributed by atoms with Crippen molar-refractivity contribution in [2.24, 2.45) is 13.0 Å². The number of aryl methyl sites for hydroxylation is 1. The van der Waals surface area contributed by atoms with E-state index >= 15 is 0 Å². The van der Waals surface area contributed by atoms with Crippen molar-refractivity contribution in [1.29, 1.82) is 0 Å². The van der Waals surface area contributed by atoms with Crippen LogP contribution in [0.4, 0.5) is 33.6 Å². The lowest BCUT2D eigenvalue weighted by Gasteiger charge is -2.31. The molecule has 2 aromatic carbocycles. The third kappa shape index (κ3) is 4.25. The maximum Gasteiger partial charge on any atom is 0.434 e. The SMILES string of the molecule is CN1CC(/C=[N+](/C)c2ncc3c(-c4cc(C(F)(F)F)c(F)c(O)c4F)nn(C)c3n2)Cc2ccccc21. The fourth-order valence-corrected chi connectivity index (χ4v) is 4.73. The average molecular weight is 517 g/mol. The molecule has 5 rings (SSSR count). The predicted molar refractivity (Wildman–Crippen MR) is 127 cm³/mol. The van der Waals surface area contributed by atoms with Crippen molar-refractivity contribution in [3.05, 3.63) is 59.3 Å². The summed E-state index contributed by atoms with van der Waals surface area (Å²) < 4.78 is 71.5. The topological polar surface area (TPSA) is 70.1 Å². The molecular weight excluding hydrogens is 495 g/mol. The molecule has 37 heavy (non-hydrogen) atoms. The number of rotatable bonds is 3. The Morgan fingerprint density at radius 1 is 1.14 bits per heavy atom. The van der Waals surface area contributed by atoms with Crippen LogP contribution in [0.15, 0.2) is 36.5 Å². The Balaban J connectivity index is 1.53. The quantitative estimate of drug-likeness (QED) is 0.243. The molecule has 1 N–H and O–H groups in total. The molecule has 0 amide bonds. The standard InChI is InChI=1S/C25H21F5N6O/c1-34-11-13(8-14-6-4-5-7-18(14)34)12-35(2)24-31-10-16-21(33-36(3)23(16)32-24)15-9-17(25(28,29)30)20(27)22(37)19(15)26/h4-7,9-10,12-13H,8,11H2,1-3H3/p+1/b35-12-. The fraction of sp³-hybridized carbons (Fsp3) is 0.280. The van der Waals surface area contributed by atoms with Crippen molar-refractivity contribution in [2.75, 3.05) is 25.5 Å². The van der Waals surface area contributed by atoms with Gasteiger partial charge in [-0.3, -0.25) is 0 Å². The molecule has 3 heterocycles. The molecule has 7 nitrogen and oxygen atoms in total. The monoisotopic (exact) mass is 517 g/mol. The summed E-state index contributed by atoms with van der Waals surface area (Å²) in [6.45, 7) is 0.786. The maximum absolute atomic E-state index is 14.7. The zero-order valence-electron chi connectivity index (χ0n) is 20.1. The number of hydrogen-bond donors (Lipinski definition) is 1. The first-order valence-electron chi connectivity index (χ1n) is 11.3. The minimum absolute atomic E-state index is 0.143. The summed E-state index contributed by atoms with van der Waals surface area (Å²) in [5, 5.41) is 13.9. The lowest BCUT2D eigenvalue weighted by atomic mass is 9.93. The molecule has 0 saturated carbocycles. The molecule has 0 radical (unpaired) electrons. The molecule has 192 valence electrons. The van der Waals surface area contributed by atoms with Crippen molar-refractivity contribution in [2.45, 2.75) is 12.6 Å². The molecule has 0 spiro atoms. The van der Waals surface area contributed by atoms with Gasteiger partial charge in [-0.25, -0.2) is 18.0 Å². The smallest absolute Gasteiger partial charge is 0.434 e. The van der Waals surface area contributed by atoms with Gasteiger partial charge in [0.05, 0.1) is 18.0 Å². The van der Waals surface area contributed by atoms with Gasteiger partial charge in [-0.1, -0.05) is 23.2 Å². The Kier molecular flexibility index (Phi) is 5.84. The molecule has 12 heteroatoms. The second kappa shape index (κ2) is 8.79. The minimum atomic E-state index is -5.15. The first kappa shape index (κ1) is 24.6. The Hall–Kier alpha value is -4.09. The van der Waals surface area contributed by atoms with E-state index in [2.05, 4.69) is 32.1 Å². The molecule has 1 aliphatic heterocycles. The van der Waals surface area contributed by atoms with Crippen LogP contribution in [0.5, 0.6) is 5.75 Å². The van der Waals surface area contributed by atoms with Gasteiger partial charge in [0, 0.05) is 44.0 Å².